The van der Waals surface area contributed by atoms with Crippen LogP contribution >= 0.6 is 19.4 Å². The Labute approximate surface area is 346 Å². The van der Waals surface area contributed by atoms with E-state index in [2.05, 4.69) is 108 Å². The number of hydrogen-bond donors (Lipinski definition) is 0. The zero-order valence-corrected chi connectivity index (χ0v) is 37.2. The normalized spacial score (nSPS) is 15.5. The second-order valence-corrected chi connectivity index (χ2v) is 21.3. The summed E-state index contributed by atoms with van der Waals surface area (Å²) in [5, 5.41) is 10.8. The Morgan fingerprint density at radius 1 is 0.804 bits per heavy atom. The fourth-order valence-corrected chi connectivity index (χ4v) is 9.15. The Bertz CT molecular complexity index is 1920. The summed E-state index contributed by atoms with van der Waals surface area (Å²) in [6, 6.07) is 24.8. The molecule has 11 heteroatoms. The number of nitrogens with zero attached hydrogens (tertiary/aromatic N) is 4. The standard InChI is InChI=1S/C27H39N2.C18H16N2O4.2ClH.Ru/c1-18(2)22-11-9-12-23(19(3)4)26(22)28-15-16-29(17-28)27-24(20(5)6)13-10-14-25(27)21(7)8;1-3-15-11-19(16-6-4-5-12(2)17(16)24-15)18(21)13-7-9-14(10-8-13)20(22)23;;;/h9-14,17-21H,15-16H2,1-8H3;2,4-10,15H,3,11H2,1H3;2*1H;/q-1;;;;+2/p-2. The number of halogens is 2. The molecular weight excluding hydrogens is 832 g/mol. The van der Waals surface area contributed by atoms with Gasteiger partial charge in [-0.05, 0) is 45.9 Å². The van der Waals surface area contributed by atoms with Crippen molar-refractivity contribution in [2.75, 3.05) is 34.3 Å². The van der Waals surface area contributed by atoms with Gasteiger partial charge in [0.15, 0.2) is 0 Å². The molecule has 4 aromatic carbocycles. The third-order valence-corrected chi connectivity index (χ3v) is 12.2. The molecule has 0 aliphatic carbocycles. The van der Waals surface area contributed by atoms with Crippen molar-refractivity contribution in [3.63, 3.8) is 0 Å². The van der Waals surface area contributed by atoms with Gasteiger partial charge in [-0.15, -0.1) is 0 Å². The molecule has 2 heterocycles. The quantitative estimate of drug-likeness (QED) is 0.0683. The molecule has 1 saturated heterocycles. The number of benzene rings is 4. The number of anilines is 3. The summed E-state index contributed by atoms with van der Waals surface area (Å²) >= 11 is -2.07. The molecule has 56 heavy (non-hydrogen) atoms. The van der Waals surface area contributed by atoms with E-state index in [1.807, 2.05) is 19.1 Å². The molecule has 1 amide bonds. The monoisotopic (exact) mass is 887 g/mol. The molecular formula is C45H55Cl2N4O4Ru-. The molecule has 0 N–H and O–H groups in total. The zero-order chi connectivity index (χ0) is 40.8. The van der Waals surface area contributed by atoms with Gasteiger partial charge in [0.1, 0.15) is 0 Å². The van der Waals surface area contributed by atoms with E-state index in [1.165, 1.54) is 57.9 Å². The number of carbonyl (C=O) groups is 1. The van der Waals surface area contributed by atoms with Crippen LogP contribution < -0.4 is 19.4 Å². The van der Waals surface area contributed by atoms with Crippen LogP contribution in [0.4, 0.5) is 22.7 Å². The van der Waals surface area contributed by atoms with Crippen molar-refractivity contribution < 1.29 is 28.0 Å². The third kappa shape index (κ3) is 9.84. The number of hydrogen-bond acceptors (Lipinski definition) is 6. The molecule has 0 radical (unpaired) electrons. The summed E-state index contributed by atoms with van der Waals surface area (Å²) in [6.07, 6.45) is 0.557. The molecule has 2 aliphatic heterocycles. The van der Waals surface area contributed by atoms with E-state index in [0.29, 0.717) is 47.2 Å². The number of fused-ring (bicyclic) bond motifs is 1. The van der Waals surface area contributed by atoms with Gasteiger partial charge in [-0.3, -0.25) is 0 Å². The average Bonchev–Trinajstić information content (AvgIpc) is 3.66. The van der Waals surface area contributed by atoms with Crippen molar-refractivity contribution in [3.8, 4) is 5.75 Å². The minimum atomic E-state index is -2.07. The first-order valence-electron chi connectivity index (χ1n) is 19.5. The van der Waals surface area contributed by atoms with Gasteiger partial charge < -0.3 is 9.80 Å². The van der Waals surface area contributed by atoms with Crippen LogP contribution in [0.3, 0.4) is 0 Å². The van der Waals surface area contributed by atoms with Crippen LogP contribution in [0.25, 0.3) is 0 Å². The molecule has 1 unspecified atom stereocenters. The van der Waals surface area contributed by atoms with Gasteiger partial charge in [-0.1, -0.05) is 91.8 Å². The molecule has 1 atom stereocenters. The van der Waals surface area contributed by atoms with Crippen LogP contribution in [-0.2, 0) is 13.5 Å². The fourth-order valence-electron chi connectivity index (χ4n) is 7.36. The van der Waals surface area contributed by atoms with Gasteiger partial charge in [-0.25, -0.2) is 0 Å². The predicted octanol–water partition coefficient (Wildman–Crippen LogP) is 12.1. The van der Waals surface area contributed by atoms with Crippen LogP contribution in [0.5, 0.6) is 5.75 Å². The maximum atomic E-state index is 13.1. The molecule has 0 saturated carbocycles. The van der Waals surface area contributed by atoms with Gasteiger partial charge in [-0.2, -0.15) is 6.67 Å². The van der Waals surface area contributed by atoms with Crippen LogP contribution in [-0.4, -0.2) is 41.2 Å². The van der Waals surface area contributed by atoms with Crippen LogP contribution in [0.1, 0.15) is 131 Å². The summed E-state index contributed by atoms with van der Waals surface area (Å²) < 4.78 is 7.86. The fraction of sp³-hybridized carbons (Fsp3) is 0.400. The average molecular weight is 888 g/mol. The number of amides is 1. The van der Waals surface area contributed by atoms with Crippen molar-refractivity contribution >= 4 is 52.6 Å². The first-order valence-corrected chi connectivity index (χ1v) is 24.9. The Morgan fingerprint density at radius 3 is 1.68 bits per heavy atom. The predicted molar refractivity (Wildman–Crippen MR) is 231 cm³/mol. The van der Waals surface area contributed by atoms with Gasteiger partial charge in [0.05, 0.1) is 0 Å². The van der Waals surface area contributed by atoms with Crippen molar-refractivity contribution in [1.82, 2.24) is 0 Å². The first kappa shape index (κ1) is 43.3. The topological polar surface area (TPSA) is 79.2 Å². The van der Waals surface area contributed by atoms with E-state index in [4.69, 9.17) is 24.1 Å². The number of para-hydroxylation sites is 3. The summed E-state index contributed by atoms with van der Waals surface area (Å²) in [7, 11) is 12.0. The number of rotatable bonds is 10. The Hall–Kier alpha value is -3.78. The second-order valence-electron chi connectivity index (χ2n) is 15.6. The summed E-state index contributed by atoms with van der Waals surface area (Å²) in [5.41, 5.74) is 10.4. The van der Waals surface area contributed by atoms with Gasteiger partial charge in [0.25, 0.3) is 0 Å². The molecule has 302 valence electrons. The van der Waals surface area contributed by atoms with Crippen LogP contribution in [0.15, 0.2) is 78.9 Å². The van der Waals surface area contributed by atoms with E-state index in [0.717, 1.165) is 25.1 Å². The minimum absolute atomic E-state index is 0.0577. The summed E-state index contributed by atoms with van der Waals surface area (Å²) in [6.45, 7) is 25.3. The molecule has 1 fully saturated rings. The summed E-state index contributed by atoms with van der Waals surface area (Å²) in [5.74, 6) is 2.41. The number of nitro groups is 1. The van der Waals surface area contributed by atoms with Crippen LogP contribution in [0, 0.1) is 16.8 Å². The Balaban J connectivity index is 0.000000215. The Kier molecular flexibility index (Phi) is 14.8. The van der Waals surface area contributed by atoms with E-state index in [-0.39, 0.29) is 17.7 Å². The van der Waals surface area contributed by atoms with Crippen molar-refractivity contribution in [2.45, 2.75) is 98.5 Å². The molecule has 4 aromatic rings. The van der Waals surface area contributed by atoms with Crippen molar-refractivity contribution in [3.05, 3.63) is 129 Å². The van der Waals surface area contributed by atoms with E-state index in [1.54, 1.807) is 15.6 Å². The zero-order valence-electron chi connectivity index (χ0n) is 33.9. The SMILES string of the molecule is CC(C)c1cccc(C(C)C)c1N1[CH-]N(c2c(C(C)C)cccc2C(C)C)CC1.CCC1CN(C(=O)c2ccc([N+](=O)[O-])cc2)c2cccc([CH]=[Ru]([Cl])[Cl])c2O1. The number of ether oxygens (including phenoxy) is 1. The molecule has 8 nitrogen and oxygen atoms in total. The van der Waals surface area contributed by atoms with E-state index in [9.17, 15) is 14.9 Å². The second kappa shape index (κ2) is 19.1. The van der Waals surface area contributed by atoms with Crippen molar-refractivity contribution in [2.24, 2.45) is 0 Å². The maximum absolute atomic E-state index is 13.1. The number of non-ortho nitro benzene ring substituents is 1. The molecule has 0 aromatic heterocycles. The van der Waals surface area contributed by atoms with Crippen molar-refractivity contribution in [1.29, 1.82) is 0 Å². The van der Waals surface area contributed by atoms with Gasteiger partial charge in [0, 0.05) is 24.5 Å². The third-order valence-electron chi connectivity index (χ3n) is 10.3. The van der Waals surface area contributed by atoms with Gasteiger partial charge >= 0.3 is 170 Å². The molecule has 6 rings (SSSR count). The molecule has 0 spiro atoms. The number of nitro benzene ring substituents is 1. The molecule has 0 bridgehead atoms. The summed E-state index contributed by atoms with van der Waals surface area (Å²) in [4.78, 5) is 30.1. The number of carbonyl (C=O) groups excluding carboxylic acids is 1. The first-order chi connectivity index (χ1) is 26.6. The molecule has 2 aliphatic rings. The van der Waals surface area contributed by atoms with Crippen LogP contribution in [0.2, 0.25) is 0 Å². The van der Waals surface area contributed by atoms with E-state index < -0.39 is 18.4 Å². The Morgan fingerprint density at radius 2 is 1.27 bits per heavy atom. The van der Waals surface area contributed by atoms with Gasteiger partial charge in [0.2, 0.25) is 0 Å². The van der Waals surface area contributed by atoms with E-state index >= 15 is 0 Å².